The number of amides is 2. The van der Waals surface area contributed by atoms with Crippen LogP contribution >= 0.6 is 11.6 Å². The zero-order valence-electron chi connectivity index (χ0n) is 22.3. The van der Waals surface area contributed by atoms with Gasteiger partial charge in [-0.2, -0.15) is 0 Å². The molecule has 1 unspecified atom stereocenters. The molecule has 0 aliphatic rings. The molecule has 10 heteroatoms. The van der Waals surface area contributed by atoms with Gasteiger partial charge in [0.2, 0.25) is 21.8 Å². The van der Waals surface area contributed by atoms with E-state index in [9.17, 15) is 18.0 Å². The summed E-state index contributed by atoms with van der Waals surface area (Å²) >= 11 is 6.21. The first-order valence-corrected chi connectivity index (χ1v) is 14.6. The number of rotatable bonds is 14. The summed E-state index contributed by atoms with van der Waals surface area (Å²) in [4.78, 5) is 27.7. The molecule has 37 heavy (non-hydrogen) atoms. The molecule has 0 bridgehead atoms. The molecule has 1 N–H and O–H groups in total. The highest BCUT2D eigenvalue weighted by Crippen LogP contribution is 2.28. The van der Waals surface area contributed by atoms with Gasteiger partial charge in [0.1, 0.15) is 11.8 Å². The summed E-state index contributed by atoms with van der Waals surface area (Å²) < 4.78 is 31.6. The van der Waals surface area contributed by atoms with Crippen LogP contribution in [0.4, 0.5) is 5.69 Å². The average Bonchev–Trinajstić information content (AvgIpc) is 2.86. The third-order valence-electron chi connectivity index (χ3n) is 6.17. The SMILES string of the molecule is CCCCNC(=O)C(C)N(Cc1ccc(OC)cc1)C(=O)CCCN(c1cccc(Cl)c1C)S(C)(=O)=O. The van der Waals surface area contributed by atoms with Crippen LogP contribution in [-0.4, -0.2) is 57.6 Å². The number of halogens is 1. The van der Waals surface area contributed by atoms with E-state index < -0.39 is 16.1 Å². The van der Waals surface area contributed by atoms with Crippen molar-refractivity contribution in [2.45, 2.75) is 59.0 Å². The normalized spacial score (nSPS) is 12.1. The molecule has 0 fully saturated rings. The van der Waals surface area contributed by atoms with Crippen LogP contribution in [0.2, 0.25) is 5.02 Å². The molecule has 0 spiro atoms. The lowest BCUT2D eigenvalue weighted by Gasteiger charge is -2.29. The van der Waals surface area contributed by atoms with Gasteiger partial charge in [-0.05, 0) is 62.1 Å². The number of unbranched alkanes of at least 4 members (excludes halogenated alkanes) is 1. The maximum atomic E-state index is 13.4. The van der Waals surface area contributed by atoms with Gasteiger partial charge in [-0.3, -0.25) is 13.9 Å². The number of hydrogen-bond acceptors (Lipinski definition) is 5. The summed E-state index contributed by atoms with van der Waals surface area (Å²) in [7, 11) is -2.02. The van der Waals surface area contributed by atoms with Gasteiger partial charge in [-0.15, -0.1) is 0 Å². The number of carbonyl (C=O) groups is 2. The van der Waals surface area contributed by atoms with E-state index >= 15 is 0 Å². The maximum absolute atomic E-state index is 13.4. The van der Waals surface area contributed by atoms with Gasteiger partial charge in [0.05, 0.1) is 19.1 Å². The van der Waals surface area contributed by atoms with Crippen molar-refractivity contribution in [1.29, 1.82) is 0 Å². The fourth-order valence-electron chi connectivity index (χ4n) is 3.90. The first-order chi connectivity index (χ1) is 17.5. The predicted molar refractivity (Wildman–Crippen MR) is 149 cm³/mol. The minimum Gasteiger partial charge on any atom is -0.497 e. The van der Waals surface area contributed by atoms with E-state index in [2.05, 4.69) is 5.32 Å². The van der Waals surface area contributed by atoms with Crippen LogP contribution in [0.3, 0.4) is 0 Å². The Labute approximate surface area is 226 Å². The molecule has 204 valence electrons. The number of nitrogens with zero attached hydrogens (tertiary/aromatic N) is 2. The fraction of sp³-hybridized carbons (Fsp3) is 0.481. The summed E-state index contributed by atoms with van der Waals surface area (Å²) in [5, 5.41) is 3.37. The monoisotopic (exact) mass is 551 g/mol. The molecule has 0 saturated heterocycles. The lowest BCUT2D eigenvalue weighted by molar-refractivity contribution is -0.140. The van der Waals surface area contributed by atoms with E-state index in [1.807, 2.05) is 19.1 Å². The predicted octanol–water partition coefficient (Wildman–Crippen LogP) is 4.54. The Morgan fingerprint density at radius 1 is 1.11 bits per heavy atom. The highest BCUT2D eigenvalue weighted by molar-refractivity contribution is 7.92. The van der Waals surface area contributed by atoms with Crippen LogP contribution in [0.1, 0.15) is 50.7 Å². The lowest BCUT2D eigenvalue weighted by Crippen LogP contribution is -2.48. The summed E-state index contributed by atoms with van der Waals surface area (Å²) in [5.41, 5.74) is 2.00. The summed E-state index contributed by atoms with van der Waals surface area (Å²) in [5.74, 6) is 0.247. The zero-order valence-corrected chi connectivity index (χ0v) is 23.9. The minimum atomic E-state index is -3.60. The number of anilines is 1. The van der Waals surface area contributed by atoms with Crippen LogP contribution < -0.4 is 14.4 Å². The van der Waals surface area contributed by atoms with Gasteiger partial charge < -0.3 is 15.0 Å². The van der Waals surface area contributed by atoms with Crippen LogP contribution in [-0.2, 0) is 26.2 Å². The van der Waals surface area contributed by atoms with Crippen molar-refractivity contribution >= 4 is 39.1 Å². The summed E-state index contributed by atoms with van der Waals surface area (Å²) in [6, 6.07) is 11.7. The van der Waals surface area contributed by atoms with Crippen molar-refractivity contribution in [3.8, 4) is 5.75 Å². The molecule has 0 aliphatic carbocycles. The van der Waals surface area contributed by atoms with Gasteiger partial charge in [0.15, 0.2) is 0 Å². The van der Waals surface area contributed by atoms with Crippen LogP contribution in [0.15, 0.2) is 42.5 Å². The van der Waals surface area contributed by atoms with Crippen LogP contribution in [0.25, 0.3) is 0 Å². The second-order valence-electron chi connectivity index (χ2n) is 9.01. The van der Waals surface area contributed by atoms with Crippen molar-refractivity contribution in [2.75, 3.05) is 30.8 Å². The molecule has 0 radical (unpaired) electrons. The third-order valence-corrected chi connectivity index (χ3v) is 7.76. The molecule has 2 amide bonds. The Hall–Kier alpha value is -2.78. The Morgan fingerprint density at radius 3 is 2.38 bits per heavy atom. The van der Waals surface area contributed by atoms with Crippen molar-refractivity contribution < 1.29 is 22.7 Å². The van der Waals surface area contributed by atoms with E-state index in [4.69, 9.17) is 16.3 Å². The summed E-state index contributed by atoms with van der Waals surface area (Å²) in [6.45, 7) is 6.41. The van der Waals surface area contributed by atoms with Crippen molar-refractivity contribution in [3.05, 3.63) is 58.6 Å². The molecule has 0 saturated carbocycles. The number of ether oxygens (including phenoxy) is 1. The Bertz CT molecular complexity index is 1160. The smallest absolute Gasteiger partial charge is 0.242 e. The van der Waals surface area contributed by atoms with Gasteiger partial charge in [-0.1, -0.05) is 43.1 Å². The molecule has 2 aromatic rings. The molecular weight excluding hydrogens is 514 g/mol. The molecule has 2 rings (SSSR count). The van der Waals surface area contributed by atoms with Crippen LogP contribution in [0, 0.1) is 6.92 Å². The number of methoxy groups -OCH3 is 1. The van der Waals surface area contributed by atoms with Gasteiger partial charge in [0, 0.05) is 31.1 Å². The van der Waals surface area contributed by atoms with Gasteiger partial charge in [0.25, 0.3) is 0 Å². The highest BCUT2D eigenvalue weighted by Gasteiger charge is 2.27. The van der Waals surface area contributed by atoms with Gasteiger partial charge in [-0.25, -0.2) is 8.42 Å². The second-order valence-corrected chi connectivity index (χ2v) is 11.3. The van der Waals surface area contributed by atoms with E-state index in [1.54, 1.807) is 56.2 Å². The van der Waals surface area contributed by atoms with Crippen molar-refractivity contribution in [2.24, 2.45) is 0 Å². The van der Waals surface area contributed by atoms with E-state index in [0.717, 1.165) is 24.7 Å². The van der Waals surface area contributed by atoms with E-state index in [1.165, 1.54) is 4.31 Å². The quantitative estimate of drug-likeness (QED) is 0.348. The first-order valence-electron chi connectivity index (χ1n) is 12.4. The van der Waals surface area contributed by atoms with Crippen LogP contribution in [0.5, 0.6) is 5.75 Å². The molecule has 0 heterocycles. The minimum absolute atomic E-state index is 0.0777. The molecule has 0 aliphatic heterocycles. The molecule has 2 aromatic carbocycles. The third kappa shape index (κ3) is 8.93. The molecular formula is C27H38ClN3O5S. The largest absolute Gasteiger partial charge is 0.497 e. The fourth-order valence-corrected chi connectivity index (χ4v) is 5.08. The van der Waals surface area contributed by atoms with Crippen molar-refractivity contribution in [3.63, 3.8) is 0 Å². The van der Waals surface area contributed by atoms with E-state index in [0.29, 0.717) is 28.6 Å². The number of benzene rings is 2. The molecule has 0 aromatic heterocycles. The highest BCUT2D eigenvalue weighted by atomic mass is 35.5. The maximum Gasteiger partial charge on any atom is 0.242 e. The molecule has 8 nitrogen and oxygen atoms in total. The topological polar surface area (TPSA) is 96.0 Å². The zero-order chi connectivity index (χ0) is 27.6. The number of carbonyl (C=O) groups excluding carboxylic acids is 2. The first kappa shape index (κ1) is 30.4. The second kappa shape index (κ2) is 14.2. The molecule has 1 atom stereocenters. The Balaban J connectivity index is 2.18. The Kier molecular flexibility index (Phi) is 11.7. The number of nitrogens with one attached hydrogen (secondary N) is 1. The number of hydrogen-bond donors (Lipinski definition) is 1. The van der Waals surface area contributed by atoms with E-state index in [-0.39, 0.29) is 37.7 Å². The lowest BCUT2D eigenvalue weighted by atomic mass is 10.1. The average molecular weight is 552 g/mol. The number of sulfonamides is 1. The Morgan fingerprint density at radius 2 is 1.78 bits per heavy atom. The van der Waals surface area contributed by atoms with Gasteiger partial charge >= 0.3 is 0 Å². The summed E-state index contributed by atoms with van der Waals surface area (Å²) in [6.07, 6.45) is 3.30. The standard InChI is InChI=1S/C27H38ClN3O5S/c1-6-7-17-29-27(33)21(3)30(19-22-13-15-23(36-4)16-14-22)26(32)12-9-18-31(37(5,34)35)25-11-8-10-24(28)20(25)2/h8,10-11,13-16,21H,6-7,9,12,17-19H2,1-5H3,(H,29,33). The van der Waals surface area contributed by atoms with Crippen molar-refractivity contribution in [1.82, 2.24) is 10.2 Å².